The fourth-order valence-corrected chi connectivity index (χ4v) is 8.66. The van der Waals surface area contributed by atoms with Crippen LogP contribution in [-0.2, 0) is 32.3 Å². The van der Waals surface area contributed by atoms with E-state index in [1.165, 1.54) is 28.3 Å². The second kappa shape index (κ2) is 17.2. The molecule has 0 radical (unpaired) electrons. The number of nitrogens with zero attached hydrogens (tertiary/aromatic N) is 9. The number of hydrogen-bond acceptors (Lipinski definition) is 10. The van der Waals surface area contributed by atoms with Gasteiger partial charge in [-0.1, -0.05) is 41.5 Å². The molecule has 4 saturated heterocycles. The number of rotatable bonds is 15. The Hall–Kier alpha value is -3.09. The molecule has 3 aromatic heterocycles. The van der Waals surface area contributed by atoms with Crippen LogP contribution in [0.3, 0.4) is 0 Å². The summed E-state index contributed by atoms with van der Waals surface area (Å²) in [6, 6.07) is 10.2. The highest BCUT2D eigenvalue weighted by atomic mass is 16.5. The van der Waals surface area contributed by atoms with Gasteiger partial charge in [-0.25, -0.2) is 0 Å². The molecule has 0 aromatic carbocycles. The molecule has 302 valence electrons. The fourth-order valence-electron chi connectivity index (χ4n) is 8.66. The molecule has 55 heavy (non-hydrogen) atoms. The van der Waals surface area contributed by atoms with E-state index in [9.17, 15) is 0 Å². The van der Waals surface area contributed by atoms with E-state index in [1.54, 1.807) is 0 Å². The fraction of sp³-hybridized carbons (Fsp3) is 0.705. The number of hydrogen-bond donors (Lipinski definition) is 0. The maximum absolute atomic E-state index is 5.50. The third-order valence-electron chi connectivity index (χ3n) is 13.3. The van der Waals surface area contributed by atoms with Gasteiger partial charge in [-0.3, -0.25) is 29.3 Å². The topological polar surface area (TPSA) is 78.3 Å². The first-order valence-corrected chi connectivity index (χ1v) is 21.2. The third kappa shape index (κ3) is 9.90. The summed E-state index contributed by atoms with van der Waals surface area (Å²) in [6.45, 7) is 32.4. The molecular formula is C44H69N9O2. The number of morpholine rings is 1. The smallest absolute Gasteiger partial charge is 0.0645 e. The Morgan fingerprint density at radius 3 is 1.89 bits per heavy atom. The highest BCUT2D eigenvalue weighted by molar-refractivity contribution is 5.47. The van der Waals surface area contributed by atoms with Crippen LogP contribution in [0.2, 0.25) is 0 Å². The van der Waals surface area contributed by atoms with Crippen molar-refractivity contribution in [3.63, 3.8) is 0 Å². The van der Waals surface area contributed by atoms with E-state index in [-0.39, 0.29) is 16.2 Å². The van der Waals surface area contributed by atoms with Crippen LogP contribution in [0.5, 0.6) is 0 Å². The predicted octanol–water partition coefficient (Wildman–Crippen LogP) is 5.44. The van der Waals surface area contributed by atoms with Crippen molar-refractivity contribution in [3.05, 3.63) is 66.0 Å². The minimum Gasteiger partial charge on any atom is -0.379 e. The van der Waals surface area contributed by atoms with Crippen LogP contribution in [0.4, 0.5) is 11.4 Å². The molecule has 0 aliphatic carbocycles. The monoisotopic (exact) mass is 756 g/mol. The molecule has 4 aliphatic rings. The quantitative estimate of drug-likeness (QED) is 0.200. The van der Waals surface area contributed by atoms with E-state index in [0.717, 1.165) is 124 Å². The summed E-state index contributed by atoms with van der Waals surface area (Å²) in [5, 5.41) is 4.72. The lowest BCUT2D eigenvalue weighted by Gasteiger charge is -2.46. The van der Waals surface area contributed by atoms with E-state index in [0.29, 0.717) is 12.1 Å². The molecule has 7 heterocycles. The molecule has 1 unspecified atom stereocenters. The van der Waals surface area contributed by atoms with Gasteiger partial charge in [0.05, 0.1) is 69.0 Å². The van der Waals surface area contributed by atoms with Crippen LogP contribution in [0, 0.1) is 0 Å². The lowest BCUT2D eigenvalue weighted by atomic mass is 9.75. The summed E-state index contributed by atoms with van der Waals surface area (Å²) < 4.78 is 13.0. The highest BCUT2D eigenvalue weighted by Gasteiger charge is 2.33. The normalized spacial score (nSPS) is 21.6. The summed E-state index contributed by atoms with van der Waals surface area (Å²) in [4.78, 5) is 22.8. The van der Waals surface area contributed by atoms with Gasteiger partial charge in [0.15, 0.2) is 0 Å². The van der Waals surface area contributed by atoms with E-state index in [1.807, 2.05) is 0 Å². The molecule has 3 aromatic rings. The number of ether oxygens (including phenoxy) is 2. The second-order valence-electron chi connectivity index (χ2n) is 18.7. The molecule has 11 nitrogen and oxygen atoms in total. The lowest BCUT2D eigenvalue weighted by Crippen LogP contribution is -2.59. The Kier molecular flexibility index (Phi) is 12.5. The average Bonchev–Trinajstić information content (AvgIpc) is 3.66. The van der Waals surface area contributed by atoms with Crippen molar-refractivity contribution in [1.29, 1.82) is 0 Å². The predicted molar refractivity (Wildman–Crippen MR) is 223 cm³/mol. The first-order valence-electron chi connectivity index (χ1n) is 21.2. The maximum Gasteiger partial charge on any atom is 0.0645 e. The van der Waals surface area contributed by atoms with Crippen LogP contribution in [-0.4, -0.2) is 145 Å². The van der Waals surface area contributed by atoms with Crippen LogP contribution in [0.15, 0.2) is 49.1 Å². The van der Waals surface area contributed by atoms with Gasteiger partial charge in [-0.15, -0.1) is 0 Å². The molecule has 11 heteroatoms. The molecule has 0 N–H and O–H groups in total. The molecule has 0 saturated carbocycles. The molecule has 0 amide bonds. The molecule has 4 fully saturated rings. The number of piperazine rings is 2. The van der Waals surface area contributed by atoms with Crippen molar-refractivity contribution < 1.29 is 9.47 Å². The van der Waals surface area contributed by atoms with Crippen molar-refractivity contribution in [2.24, 2.45) is 0 Å². The SMILES string of the molecule is CC1CN(C2COC2)CCN1c1ccc(C(C)(C)CCN2CCN(c3ccc(C(C)(C)CCC(C)(C)c4cnn(CCN5CCOCC5)c4)nc3)CC2)nc1. The summed E-state index contributed by atoms with van der Waals surface area (Å²) in [6.07, 6.45) is 11.8. The van der Waals surface area contributed by atoms with Crippen molar-refractivity contribution in [3.8, 4) is 0 Å². The highest BCUT2D eigenvalue weighted by Crippen LogP contribution is 2.36. The van der Waals surface area contributed by atoms with Crippen molar-refractivity contribution >= 4 is 11.4 Å². The summed E-state index contributed by atoms with van der Waals surface area (Å²) in [5.74, 6) is 0. The van der Waals surface area contributed by atoms with Crippen molar-refractivity contribution in [2.75, 3.05) is 108 Å². The second-order valence-corrected chi connectivity index (χ2v) is 18.7. The van der Waals surface area contributed by atoms with E-state index >= 15 is 0 Å². The van der Waals surface area contributed by atoms with E-state index in [4.69, 9.17) is 24.5 Å². The summed E-state index contributed by atoms with van der Waals surface area (Å²) >= 11 is 0. The molecule has 0 spiro atoms. The van der Waals surface area contributed by atoms with Crippen LogP contribution in [0.25, 0.3) is 0 Å². The van der Waals surface area contributed by atoms with E-state index < -0.39 is 0 Å². The molecule has 0 bridgehead atoms. The molecular weight excluding hydrogens is 687 g/mol. The standard InChI is InChI=1S/C44H69N9O2/c1-35-31-51(39-33-55-34-39)21-23-53(35)38-9-11-41(46-30-38)44(6,7)14-15-48-16-19-50(20-17-48)37-8-10-40(45-29-37)43(4,5)13-12-42(2,3)36-28-47-52(32-36)22-18-49-24-26-54-27-25-49/h8-11,28-30,32,35,39H,12-27,31,33-34H2,1-7H3. The Morgan fingerprint density at radius 1 is 0.636 bits per heavy atom. The number of anilines is 2. The van der Waals surface area contributed by atoms with Gasteiger partial charge in [0.1, 0.15) is 0 Å². The van der Waals surface area contributed by atoms with Crippen molar-refractivity contribution in [1.82, 2.24) is 34.4 Å². The minimum absolute atomic E-state index is 0.0119. The zero-order chi connectivity index (χ0) is 38.6. The molecule has 4 aliphatic heterocycles. The Morgan fingerprint density at radius 2 is 1.27 bits per heavy atom. The summed E-state index contributed by atoms with van der Waals surface area (Å²) in [5.41, 5.74) is 6.23. The first-order chi connectivity index (χ1) is 26.4. The van der Waals surface area contributed by atoms with Gasteiger partial charge in [0.25, 0.3) is 0 Å². The largest absolute Gasteiger partial charge is 0.379 e. The van der Waals surface area contributed by atoms with Crippen molar-refractivity contribution in [2.45, 2.75) is 103 Å². The number of pyridine rings is 2. The van der Waals surface area contributed by atoms with Crippen LogP contribution in [0.1, 0.15) is 84.7 Å². The maximum atomic E-state index is 5.50. The Balaban J connectivity index is 0.838. The average molecular weight is 756 g/mol. The van der Waals surface area contributed by atoms with Gasteiger partial charge in [-0.05, 0) is 68.0 Å². The lowest BCUT2D eigenvalue weighted by molar-refractivity contribution is -0.0691. The van der Waals surface area contributed by atoms with Gasteiger partial charge < -0.3 is 19.3 Å². The van der Waals surface area contributed by atoms with Crippen LogP contribution < -0.4 is 9.80 Å². The number of aromatic nitrogens is 4. The van der Waals surface area contributed by atoms with Crippen LogP contribution >= 0.6 is 0 Å². The minimum atomic E-state index is -0.0119. The Labute approximate surface area is 331 Å². The molecule has 7 rings (SSSR count). The zero-order valence-corrected chi connectivity index (χ0v) is 35.0. The van der Waals surface area contributed by atoms with E-state index in [2.05, 4.69) is 127 Å². The van der Waals surface area contributed by atoms with Gasteiger partial charge >= 0.3 is 0 Å². The summed E-state index contributed by atoms with van der Waals surface area (Å²) in [7, 11) is 0. The third-order valence-corrected chi connectivity index (χ3v) is 13.3. The zero-order valence-electron chi connectivity index (χ0n) is 35.0. The first kappa shape index (κ1) is 40.1. The van der Waals surface area contributed by atoms with Gasteiger partial charge in [-0.2, -0.15) is 5.10 Å². The Bertz CT molecular complexity index is 1640. The van der Waals surface area contributed by atoms with Gasteiger partial charge in [0, 0.05) is 99.9 Å². The molecule has 1 atom stereocenters. The van der Waals surface area contributed by atoms with Gasteiger partial charge in [0.2, 0.25) is 0 Å².